The molecular weight excluding hydrogens is 290 g/mol. The maximum absolute atomic E-state index is 12.2. The zero-order valence-corrected chi connectivity index (χ0v) is 11.6. The van der Waals surface area contributed by atoms with Crippen LogP contribution in [0.1, 0.15) is 19.8 Å². The van der Waals surface area contributed by atoms with Gasteiger partial charge in [0.1, 0.15) is 5.54 Å². The van der Waals surface area contributed by atoms with Crippen LogP contribution in [0, 0.1) is 0 Å². The Kier molecular flexibility index (Phi) is 3.46. The molecule has 3 amide bonds. The quantitative estimate of drug-likeness (QED) is 0.541. The van der Waals surface area contributed by atoms with Crippen LogP contribution in [0.15, 0.2) is 0 Å². The van der Waals surface area contributed by atoms with E-state index in [1.54, 1.807) is 0 Å². The molecule has 0 aliphatic carbocycles. The van der Waals surface area contributed by atoms with E-state index in [0.29, 0.717) is 12.8 Å². The van der Waals surface area contributed by atoms with Crippen LogP contribution in [0.25, 0.3) is 0 Å². The standard InChI is InChI=1S/C10H15N3O6S/c1-6(7(14)15)20(18,19)13-4-2-3-10(5-13)8(16)11-9(17)12-10/h6H,2-5H2,1H3,(H,14,15)(H2,11,12,16,17). The molecule has 0 aromatic carbocycles. The molecule has 112 valence electrons. The van der Waals surface area contributed by atoms with E-state index < -0.39 is 38.7 Å². The molecule has 2 fully saturated rings. The van der Waals surface area contributed by atoms with Crippen molar-refractivity contribution < 1.29 is 27.9 Å². The minimum absolute atomic E-state index is 0.130. The number of amides is 3. The van der Waals surface area contributed by atoms with E-state index in [-0.39, 0.29) is 13.1 Å². The molecule has 2 heterocycles. The van der Waals surface area contributed by atoms with Crippen molar-refractivity contribution in [3.63, 3.8) is 0 Å². The molecule has 0 aromatic heterocycles. The third-order valence-corrected chi connectivity index (χ3v) is 5.75. The van der Waals surface area contributed by atoms with Gasteiger partial charge in [-0.1, -0.05) is 0 Å². The van der Waals surface area contributed by atoms with Gasteiger partial charge in [0, 0.05) is 13.1 Å². The van der Waals surface area contributed by atoms with Gasteiger partial charge in [-0.15, -0.1) is 0 Å². The second-order valence-corrected chi connectivity index (χ2v) is 7.21. The molecular formula is C10H15N3O6S. The molecule has 2 rings (SSSR count). The number of urea groups is 1. The Bertz CT molecular complexity index is 574. The summed E-state index contributed by atoms with van der Waals surface area (Å²) in [6.45, 7) is 0.960. The van der Waals surface area contributed by atoms with Crippen molar-refractivity contribution in [2.45, 2.75) is 30.6 Å². The molecule has 2 aliphatic heterocycles. The first-order valence-corrected chi connectivity index (χ1v) is 7.55. The average Bonchev–Trinajstić information content (AvgIpc) is 2.62. The molecule has 2 saturated heterocycles. The predicted octanol–water partition coefficient (Wildman–Crippen LogP) is -1.54. The Morgan fingerprint density at radius 2 is 2.10 bits per heavy atom. The number of hydrogen-bond acceptors (Lipinski definition) is 5. The second kappa shape index (κ2) is 4.70. The molecule has 10 heteroatoms. The van der Waals surface area contributed by atoms with Gasteiger partial charge in [0.05, 0.1) is 0 Å². The Morgan fingerprint density at radius 3 is 2.60 bits per heavy atom. The van der Waals surface area contributed by atoms with Crippen molar-refractivity contribution in [3.05, 3.63) is 0 Å². The van der Waals surface area contributed by atoms with Gasteiger partial charge in [-0.2, -0.15) is 4.31 Å². The minimum atomic E-state index is -4.06. The number of nitrogens with one attached hydrogen (secondary N) is 2. The Hall–Kier alpha value is -1.68. The molecule has 0 bridgehead atoms. The smallest absolute Gasteiger partial charge is 0.323 e. The molecule has 0 radical (unpaired) electrons. The molecule has 20 heavy (non-hydrogen) atoms. The third-order valence-electron chi connectivity index (χ3n) is 3.63. The van der Waals surface area contributed by atoms with E-state index in [2.05, 4.69) is 10.6 Å². The Labute approximate surface area is 115 Å². The van der Waals surface area contributed by atoms with Crippen molar-refractivity contribution in [1.29, 1.82) is 0 Å². The molecule has 2 unspecified atom stereocenters. The monoisotopic (exact) mass is 305 g/mol. The van der Waals surface area contributed by atoms with Crippen LogP contribution >= 0.6 is 0 Å². The maximum Gasteiger partial charge on any atom is 0.323 e. The van der Waals surface area contributed by atoms with Crippen LogP contribution in [0.3, 0.4) is 0 Å². The molecule has 0 aromatic rings. The number of nitrogens with zero attached hydrogens (tertiary/aromatic N) is 1. The number of carboxylic acid groups (broad SMARTS) is 1. The lowest BCUT2D eigenvalue weighted by atomic mass is 9.90. The normalized spacial score (nSPS) is 29.1. The Morgan fingerprint density at radius 1 is 1.45 bits per heavy atom. The summed E-state index contributed by atoms with van der Waals surface area (Å²) in [5, 5.41) is 11.8. The summed E-state index contributed by atoms with van der Waals surface area (Å²) in [5.41, 5.74) is -1.29. The number of sulfonamides is 1. The number of aliphatic carboxylic acids is 1. The SMILES string of the molecule is CC(C(=O)O)S(=O)(=O)N1CCCC2(C1)NC(=O)NC2=O. The summed E-state index contributed by atoms with van der Waals surface area (Å²) in [6, 6.07) is -0.666. The van der Waals surface area contributed by atoms with Crippen molar-refractivity contribution in [3.8, 4) is 0 Å². The van der Waals surface area contributed by atoms with Crippen LogP contribution in [-0.2, 0) is 19.6 Å². The van der Waals surface area contributed by atoms with Crippen molar-refractivity contribution in [2.75, 3.05) is 13.1 Å². The van der Waals surface area contributed by atoms with E-state index in [1.165, 1.54) is 0 Å². The highest BCUT2D eigenvalue weighted by atomic mass is 32.2. The lowest BCUT2D eigenvalue weighted by molar-refractivity contribution is -0.136. The van der Waals surface area contributed by atoms with E-state index in [1.807, 2.05) is 0 Å². The first-order chi connectivity index (χ1) is 9.19. The lowest BCUT2D eigenvalue weighted by Gasteiger charge is -2.37. The number of carbonyl (C=O) groups is 3. The summed E-state index contributed by atoms with van der Waals surface area (Å²) in [5.74, 6) is -2.03. The fourth-order valence-corrected chi connectivity index (χ4v) is 3.89. The maximum atomic E-state index is 12.2. The highest BCUT2D eigenvalue weighted by molar-refractivity contribution is 7.90. The number of piperidine rings is 1. The molecule has 9 nitrogen and oxygen atoms in total. The number of hydrogen-bond donors (Lipinski definition) is 3. The molecule has 0 saturated carbocycles. The van der Waals surface area contributed by atoms with Gasteiger partial charge in [0.15, 0.2) is 5.25 Å². The molecule has 1 spiro atoms. The van der Waals surface area contributed by atoms with Crippen LogP contribution in [0.4, 0.5) is 4.79 Å². The fourth-order valence-electron chi connectivity index (χ4n) is 2.40. The van der Waals surface area contributed by atoms with Crippen molar-refractivity contribution >= 4 is 27.9 Å². The summed E-state index contributed by atoms with van der Waals surface area (Å²) in [4.78, 5) is 33.9. The van der Waals surface area contributed by atoms with E-state index >= 15 is 0 Å². The topological polar surface area (TPSA) is 133 Å². The molecule has 3 N–H and O–H groups in total. The second-order valence-electron chi connectivity index (χ2n) is 4.95. The molecule has 2 aliphatic rings. The number of imide groups is 1. The van der Waals surface area contributed by atoms with Gasteiger partial charge in [0.2, 0.25) is 10.0 Å². The average molecular weight is 305 g/mol. The van der Waals surface area contributed by atoms with E-state index in [4.69, 9.17) is 5.11 Å². The highest BCUT2D eigenvalue weighted by Crippen LogP contribution is 2.27. The summed E-state index contributed by atoms with van der Waals surface area (Å²) in [6.07, 6.45) is 0.678. The summed E-state index contributed by atoms with van der Waals surface area (Å²) < 4.78 is 25.3. The zero-order chi connectivity index (χ0) is 15.1. The van der Waals surface area contributed by atoms with Crippen LogP contribution in [0.5, 0.6) is 0 Å². The zero-order valence-electron chi connectivity index (χ0n) is 10.7. The van der Waals surface area contributed by atoms with E-state index in [9.17, 15) is 22.8 Å². The van der Waals surface area contributed by atoms with Crippen LogP contribution < -0.4 is 10.6 Å². The van der Waals surface area contributed by atoms with Crippen LogP contribution in [-0.4, -0.2) is 59.6 Å². The number of carboxylic acids is 1. The Balaban J connectivity index is 2.26. The van der Waals surface area contributed by atoms with Crippen molar-refractivity contribution in [2.24, 2.45) is 0 Å². The molecule has 2 atom stereocenters. The largest absolute Gasteiger partial charge is 0.480 e. The van der Waals surface area contributed by atoms with E-state index in [0.717, 1.165) is 11.2 Å². The van der Waals surface area contributed by atoms with Crippen LogP contribution in [0.2, 0.25) is 0 Å². The minimum Gasteiger partial charge on any atom is -0.480 e. The van der Waals surface area contributed by atoms with Gasteiger partial charge in [-0.25, -0.2) is 13.2 Å². The van der Waals surface area contributed by atoms with Crippen molar-refractivity contribution in [1.82, 2.24) is 14.9 Å². The predicted molar refractivity (Wildman–Crippen MR) is 66.2 cm³/mol. The first kappa shape index (κ1) is 14.7. The highest BCUT2D eigenvalue weighted by Gasteiger charge is 2.51. The van der Waals surface area contributed by atoms with Gasteiger partial charge < -0.3 is 10.4 Å². The van der Waals surface area contributed by atoms with Gasteiger partial charge in [0.25, 0.3) is 5.91 Å². The van der Waals surface area contributed by atoms with Gasteiger partial charge in [-0.05, 0) is 19.8 Å². The summed E-state index contributed by atoms with van der Waals surface area (Å²) >= 11 is 0. The van der Waals surface area contributed by atoms with Gasteiger partial charge >= 0.3 is 12.0 Å². The third kappa shape index (κ3) is 2.24. The first-order valence-electron chi connectivity index (χ1n) is 6.04. The summed E-state index contributed by atoms with van der Waals surface area (Å²) in [7, 11) is -4.06. The van der Waals surface area contributed by atoms with Gasteiger partial charge in [-0.3, -0.25) is 14.9 Å². The number of rotatable bonds is 3. The lowest BCUT2D eigenvalue weighted by Crippen LogP contribution is -2.60. The number of carbonyl (C=O) groups excluding carboxylic acids is 2. The fraction of sp³-hybridized carbons (Fsp3) is 0.700.